The minimum Gasteiger partial charge on any atom is -0.456 e. The van der Waals surface area contributed by atoms with Crippen LogP contribution in [0.5, 0.6) is 0 Å². The van der Waals surface area contributed by atoms with Gasteiger partial charge in [-0.15, -0.1) is 0 Å². The predicted molar refractivity (Wildman–Crippen MR) is 182 cm³/mol. The second kappa shape index (κ2) is 13.4. The van der Waals surface area contributed by atoms with E-state index in [9.17, 15) is 54.9 Å². The number of fused-ring (bicyclic) bond motifs is 5. The first-order valence-corrected chi connectivity index (χ1v) is 18.1. The molecule has 0 radical (unpaired) electrons. The molecule has 14 heteroatoms. The van der Waals surface area contributed by atoms with Gasteiger partial charge in [-0.2, -0.15) is 0 Å². The topological polar surface area (TPSA) is 238 Å². The Labute approximate surface area is 303 Å². The van der Waals surface area contributed by atoms with Gasteiger partial charge in [-0.3, -0.25) is 19.2 Å². The molecule has 0 bridgehead atoms. The van der Waals surface area contributed by atoms with Crippen molar-refractivity contribution in [3.05, 3.63) is 23.8 Å². The molecule has 7 N–H and O–H groups in total. The van der Waals surface area contributed by atoms with E-state index in [4.69, 9.17) is 14.2 Å². The van der Waals surface area contributed by atoms with E-state index in [1.165, 1.54) is 19.9 Å². The van der Waals surface area contributed by atoms with Crippen LogP contribution in [0, 0.1) is 39.4 Å². The Hall–Kier alpha value is -2.40. The third-order valence-corrected chi connectivity index (χ3v) is 13.7. The molecule has 3 saturated carbocycles. The highest BCUT2D eigenvalue weighted by Crippen LogP contribution is 2.74. The van der Waals surface area contributed by atoms with Gasteiger partial charge in [0.1, 0.15) is 47.5 Å². The van der Waals surface area contributed by atoms with Gasteiger partial charge in [0.05, 0.1) is 24.7 Å². The Morgan fingerprint density at radius 3 is 2.21 bits per heavy atom. The molecule has 1 saturated heterocycles. The summed E-state index contributed by atoms with van der Waals surface area (Å²) in [5, 5.41) is 76.1. The van der Waals surface area contributed by atoms with E-state index in [-0.39, 0.29) is 37.2 Å². The van der Waals surface area contributed by atoms with Gasteiger partial charge in [-0.25, -0.2) is 0 Å². The molecular formula is C38H56O14. The molecule has 0 unspecified atom stereocenters. The maximum Gasteiger partial charge on any atom is 0.303 e. The number of hydrogen-bond acceptors (Lipinski definition) is 14. The first kappa shape index (κ1) is 40.8. The van der Waals surface area contributed by atoms with E-state index < -0.39 is 118 Å². The molecule has 1 heterocycles. The van der Waals surface area contributed by atoms with Crippen LogP contribution in [-0.2, 0) is 33.4 Å². The Bertz CT molecular complexity index is 1530. The first-order valence-electron chi connectivity index (χ1n) is 18.1. The van der Waals surface area contributed by atoms with Crippen molar-refractivity contribution < 1.29 is 69.1 Å². The maximum absolute atomic E-state index is 14.9. The Balaban J connectivity index is 1.51. The average molecular weight is 737 g/mol. The van der Waals surface area contributed by atoms with Gasteiger partial charge >= 0.3 is 5.97 Å². The predicted octanol–water partition coefficient (Wildman–Crippen LogP) is 0.296. The molecule has 292 valence electrons. The molecule has 1 aliphatic heterocycles. The quantitative estimate of drug-likeness (QED) is 0.0958. The van der Waals surface area contributed by atoms with Crippen molar-refractivity contribution in [3.63, 3.8) is 0 Å². The van der Waals surface area contributed by atoms with Gasteiger partial charge < -0.3 is 50.0 Å². The third kappa shape index (κ3) is 5.97. The zero-order valence-electron chi connectivity index (χ0n) is 31.2. The maximum atomic E-state index is 14.9. The minimum atomic E-state index is -2.15. The number of Topliss-reactive ketones (excluding diaryl/α,β-unsaturated/α-hetero) is 2. The molecule has 0 aromatic rings. The van der Waals surface area contributed by atoms with E-state index in [2.05, 4.69) is 0 Å². The monoisotopic (exact) mass is 736 g/mol. The van der Waals surface area contributed by atoms with Crippen molar-refractivity contribution in [1.29, 1.82) is 0 Å². The minimum absolute atomic E-state index is 0.0934. The highest BCUT2D eigenvalue weighted by molar-refractivity contribution is 5.98. The smallest absolute Gasteiger partial charge is 0.303 e. The summed E-state index contributed by atoms with van der Waals surface area (Å²) in [6, 6.07) is 0. The zero-order valence-corrected chi connectivity index (χ0v) is 31.2. The van der Waals surface area contributed by atoms with Crippen molar-refractivity contribution in [1.82, 2.24) is 0 Å². The van der Waals surface area contributed by atoms with Crippen LogP contribution in [0.1, 0.15) is 81.1 Å². The van der Waals surface area contributed by atoms with E-state index in [1.807, 2.05) is 13.0 Å². The number of allylic oxidation sites excluding steroid dienone is 2. The fourth-order valence-corrected chi connectivity index (χ4v) is 10.9. The summed E-state index contributed by atoms with van der Waals surface area (Å²) in [7, 11) is 0. The van der Waals surface area contributed by atoms with Gasteiger partial charge in [0.15, 0.2) is 17.9 Å². The van der Waals surface area contributed by atoms with Crippen LogP contribution < -0.4 is 0 Å². The average Bonchev–Trinajstić information content (AvgIpc) is 3.25. The first-order chi connectivity index (χ1) is 23.9. The lowest BCUT2D eigenvalue weighted by Crippen LogP contribution is -2.67. The van der Waals surface area contributed by atoms with Crippen LogP contribution in [0.3, 0.4) is 0 Å². The number of carbonyl (C=O) groups excluding carboxylic acids is 4. The van der Waals surface area contributed by atoms with Crippen molar-refractivity contribution in [2.75, 3.05) is 13.2 Å². The van der Waals surface area contributed by atoms with E-state index in [0.29, 0.717) is 5.57 Å². The summed E-state index contributed by atoms with van der Waals surface area (Å²) >= 11 is 0. The second-order valence-electron chi connectivity index (χ2n) is 17.5. The van der Waals surface area contributed by atoms with Crippen molar-refractivity contribution in [2.45, 2.75) is 135 Å². The van der Waals surface area contributed by atoms with Crippen LogP contribution in [0.15, 0.2) is 23.8 Å². The SMILES string of the molecule is CC(=O)OC(C)(C)/C=C/C(=O)[C@](C)(O)[C@H]1[C@H](O)C[C@@]2(C)[C@@H]3CC=C4[C@@H](C[C@H](O[C@@H]5O[C@H](CO)[C@@H](O)[C@H](O)[C@H]5O)C(=O)C4(C)C)[C@]3(CO)C(=O)C[C@]12C. The molecule has 4 aliphatic carbocycles. The van der Waals surface area contributed by atoms with Crippen LogP contribution in [0.4, 0.5) is 0 Å². The molecule has 0 aromatic heterocycles. The number of ketones is 3. The number of rotatable bonds is 9. The van der Waals surface area contributed by atoms with E-state index in [1.54, 1.807) is 34.6 Å². The molecular weight excluding hydrogens is 680 g/mol. The summed E-state index contributed by atoms with van der Waals surface area (Å²) in [4.78, 5) is 54.1. The Morgan fingerprint density at radius 2 is 1.63 bits per heavy atom. The largest absolute Gasteiger partial charge is 0.456 e. The summed E-state index contributed by atoms with van der Waals surface area (Å²) in [5.41, 5.74) is -7.36. The Morgan fingerprint density at radius 1 is 1.00 bits per heavy atom. The molecule has 0 spiro atoms. The lowest BCUT2D eigenvalue weighted by molar-refractivity contribution is -0.311. The summed E-state index contributed by atoms with van der Waals surface area (Å²) in [6.07, 6.45) is -6.03. The fraction of sp³-hybridized carbons (Fsp3) is 0.789. The Kier molecular flexibility index (Phi) is 10.5. The van der Waals surface area contributed by atoms with Gasteiger partial charge in [0.2, 0.25) is 0 Å². The molecule has 0 amide bonds. The number of esters is 1. The molecule has 14 nitrogen and oxygen atoms in total. The standard InChI is InChI=1S/C38H56O14/c1-18(41)52-33(2,3)12-11-25(43)37(8,49)30-21(42)14-35(6)24-10-9-19-20(38(24,17-40)26(44)15-36(30,35)7)13-22(31(48)34(19,4)5)50-32-29(47)28(46)27(45)23(16-39)51-32/h9,11-12,20-24,27-30,32,39-40,42,45-47,49H,10,13-17H2,1-8H3/b12-11+/t20-,21-,22+,23-,24+,27-,28+,29-,30+,32-,35+,36-,37+,38+/m1/s1. The normalized spacial score (nSPS) is 44.3. The fourth-order valence-electron chi connectivity index (χ4n) is 10.9. The lowest BCUT2D eigenvalue weighted by Gasteiger charge is -2.65. The molecule has 0 aromatic carbocycles. The van der Waals surface area contributed by atoms with Crippen molar-refractivity contribution >= 4 is 23.3 Å². The molecule has 5 aliphatic rings. The van der Waals surface area contributed by atoms with Crippen LogP contribution >= 0.6 is 0 Å². The van der Waals surface area contributed by atoms with Gasteiger partial charge in [0.25, 0.3) is 0 Å². The van der Waals surface area contributed by atoms with Crippen molar-refractivity contribution in [3.8, 4) is 0 Å². The van der Waals surface area contributed by atoms with E-state index >= 15 is 0 Å². The van der Waals surface area contributed by atoms with Crippen LogP contribution in [-0.4, -0.2) is 126 Å². The molecule has 5 rings (SSSR count). The number of hydrogen-bond donors (Lipinski definition) is 7. The number of aliphatic hydroxyl groups is 7. The van der Waals surface area contributed by atoms with Gasteiger partial charge in [-0.1, -0.05) is 25.5 Å². The molecule has 4 fully saturated rings. The summed E-state index contributed by atoms with van der Waals surface area (Å²) in [6.45, 7) is 11.5. The highest BCUT2D eigenvalue weighted by atomic mass is 16.7. The van der Waals surface area contributed by atoms with Gasteiger partial charge in [0, 0.05) is 24.7 Å². The van der Waals surface area contributed by atoms with Crippen molar-refractivity contribution in [2.24, 2.45) is 39.4 Å². The molecule has 52 heavy (non-hydrogen) atoms. The van der Waals surface area contributed by atoms with E-state index in [0.717, 1.165) is 6.08 Å². The zero-order chi connectivity index (χ0) is 39.1. The number of ether oxygens (including phenoxy) is 3. The summed E-state index contributed by atoms with van der Waals surface area (Å²) in [5.74, 6) is -4.46. The second-order valence-corrected chi connectivity index (χ2v) is 17.5. The summed E-state index contributed by atoms with van der Waals surface area (Å²) < 4.78 is 16.8. The molecule has 14 atom stereocenters. The van der Waals surface area contributed by atoms with Crippen LogP contribution in [0.2, 0.25) is 0 Å². The lowest BCUT2D eigenvalue weighted by atomic mass is 9.38. The van der Waals surface area contributed by atoms with Crippen LogP contribution in [0.25, 0.3) is 0 Å². The number of carbonyl (C=O) groups is 4. The third-order valence-electron chi connectivity index (χ3n) is 13.7. The number of aliphatic hydroxyl groups excluding tert-OH is 6. The highest BCUT2D eigenvalue weighted by Gasteiger charge is 2.75. The van der Waals surface area contributed by atoms with Gasteiger partial charge in [-0.05, 0) is 88.7 Å².